The van der Waals surface area contributed by atoms with Crippen LogP contribution in [-0.2, 0) is 4.79 Å². The number of hydrogen-bond donors (Lipinski definition) is 0. The van der Waals surface area contributed by atoms with Gasteiger partial charge in [-0.15, -0.1) is 0 Å². The predicted octanol–water partition coefficient (Wildman–Crippen LogP) is 3.92. The minimum absolute atomic E-state index is 0.0433. The summed E-state index contributed by atoms with van der Waals surface area (Å²) >= 11 is 0. The number of ketones is 1. The summed E-state index contributed by atoms with van der Waals surface area (Å²) in [7, 11) is 0. The SMILES string of the molecule is N#CCC(=O)/C1=C/CCCCCCCCC1. The molecular weight excluding hydrogens is 198 g/mol. The number of carbonyl (C=O) groups is 1. The van der Waals surface area contributed by atoms with Gasteiger partial charge in [0.25, 0.3) is 0 Å². The van der Waals surface area contributed by atoms with E-state index in [4.69, 9.17) is 5.26 Å². The van der Waals surface area contributed by atoms with E-state index in [9.17, 15) is 4.79 Å². The molecule has 2 heteroatoms. The molecule has 0 unspecified atom stereocenters. The first-order valence-electron chi connectivity index (χ1n) is 6.44. The molecular formula is C14H21NO. The van der Waals surface area contributed by atoms with Crippen molar-refractivity contribution in [2.24, 2.45) is 0 Å². The van der Waals surface area contributed by atoms with Crippen molar-refractivity contribution in [3.05, 3.63) is 11.6 Å². The highest BCUT2D eigenvalue weighted by Crippen LogP contribution is 2.18. The topological polar surface area (TPSA) is 40.9 Å². The maximum Gasteiger partial charge on any atom is 0.172 e. The zero-order valence-corrected chi connectivity index (χ0v) is 10.0. The number of nitrogens with zero attached hydrogens (tertiary/aromatic N) is 1. The van der Waals surface area contributed by atoms with Gasteiger partial charge in [0.2, 0.25) is 0 Å². The minimum Gasteiger partial charge on any atom is -0.293 e. The molecule has 0 spiro atoms. The largest absolute Gasteiger partial charge is 0.293 e. The normalized spacial score (nSPS) is 22.3. The highest BCUT2D eigenvalue weighted by molar-refractivity contribution is 5.96. The summed E-state index contributed by atoms with van der Waals surface area (Å²) in [5.41, 5.74) is 0.906. The maximum atomic E-state index is 11.7. The van der Waals surface area contributed by atoms with Crippen LogP contribution in [0.3, 0.4) is 0 Å². The molecule has 0 saturated heterocycles. The Hall–Kier alpha value is -1.10. The lowest BCUT2D eigenvalue weighted by Gasteiger charge is -2.03. The smallest absolute Gasteiger partial charge is 0.172 e. The Morgan fingerprint density at radius 1 is 1.12 bits per heavy atom. The van der Waals surface area contributed by atoms with Gasteiger partial charge in [-0.2, -0.15) is 5.26 Å². The summed E-state index contributed by atoms with van der Waals surface area (Å²) in [5, 5.41) is 8.54. The Morgan fingerprint density at radius 2 is 1.75 bits per heavy atom. The van der Waals surface area contributed by atoms with Crippen LogP contribution in [-0.4, -0.2) is 5.78 Å². The first kappa shape index (κ1) is 13.0. The molecule has 0 aromatic carbocycles. The molecule has 0 fully saturated rings. The van der Waals surface area contributed by atoms with Crippen LogP contribution in [0.5, 0.6) is 0 Å². The van der Waals surface area contributed by atoms with Crippen molar-refractivity contribution in [1.29, 1.82) is 5.26 Å². The molecule has 1 aliphatic carbocycles. The Kier molecular flexibility index (Phi) is 6.56. The monoisotopic (exact) mass is 219 g/mol. The van der Waals surface area contributed by atoms with E-state index < -0.39 is 0 Å². The van der Waals surface area contributed by atoms with E-state index in [2.05, 4.69) is 6.08 Å². The number of nitriles is 1. The Labute approximate surface area is 98.3 Å². The molecule has 1 aliphatic rings. The maximum absolute atomic E-state index is 11.7. The number of Topliss-reactive ketones (excluding diaryl/α,β-unsaturated/α-hetero) is 1. The Balaban J connectivity index is 2.52. The standard InChI is InChI=1S/C14H21NO/c15-12-11-14(16)13-9-7-5-3-1-2-4-6-8-10-13/h9H,1-8,10-11H2/b13-9+. The molecule has 0 atom stereocenters. The van der Waals surface area contributed by atoms with Crippen molar-refractivity contribution in [2.75, 3.05) is 0 Å². The fourth-order valence-corrected chi connectivity index (χ4v) is 2.16. The summed E-state index contributed by atoms with van der Waals surface area (Å²) in [4.78, 5) is 11.7. The summed E-state index contributed by atoms with van der Waals surface area (Å²) in [6.45, 7) is 0. The summed E-state index contributed by atoms with van der Waals surface area (Å²) in [5.74, 6) is 0.0433. The van der Waals surface area contributed by atoms with Gasteiger partial charge in [0.1, 0.15) is 0 Å². The molecule has 88 valence electrons. The predicted molar refractivity (Wildman–Crippen MR) is 64.9 cm³/mol. The van der Waals surface area contributed by atoms with Crippen molar-refractivity contribution in [2.45, 2.75) is 64.2 Å². The van der Waals surface area contributed by atoms with Crippen LogP contribution < -0.4 is 0 Å². The molecule has 0 aliphatic heterocycles. The van der Waals surface area contributed by atoms with Crippen LogP contribution in [0.4, 0.5) is 0 Å². The zero-order valence-electron chi connectivity index (χ0n) is 10.0. The second kappa shape index (κ2) is 8.10. The fraction of sp³-hybridized carbons (Fsp3) is 0.714. The second-order valence-electron chi connectivity index (χ2n) is 4.50. The first-order valence-corrected chi connectivity index (χ1v) is 6.44. The molecule has 0 aromatic rings. The number of rotatable bonds is 2. The van der Waals surface area contributed by atoms with Gasteiger partial charge in [-0.25, -0.2) is 0 Å². The van der Waals surface area contributed by atoms with Gasteiger partial charge in [0.05, 0.1) is 12.5 Å². The zero-order chi connectivity index (χ0) is 11.6. The first-order chi connectivity index (χ1) is 7.84. The molecule has 0 amide bonds. The third-order valence-corrected chi connectivity index (χ3v) is 3.14. The van der Waals surface area contributed by atoms with Crippen LogP contribution in [0.1, 0.15) is 64.2 Å². The van der Waals surface area contributed by atoms with Gasteiger partial charge in [-0.05, 0) is 31.3 Å². The van der Waals surface area contributed by atoms with E-state index >= 15 is 0 Å². The molecule has 1 rings (SSSR count). The lowest BCUT2D eigenvalue weighted by atomic mass is 10.0. The van der Waals surface area contributed by atoms with Gasteiger partial charge >= 0.3 is 0 Å². The third-order valence-electron chi connectivity index (χ3n) is 3.14. The molecule has 0 radical (unpaired) electrons. The minimum atomic E-state index is 0.0433. The quantitative estimate of drug-likeness (QED) is 0.706. The summed E-state index contributed by atoms with van der Waals surface area (Å²) in [6, 6.07) is 1.95. The van der Waals surface area contributed by atoms with E-state index in [0.717, 1.165) is 24.8 Å². The van der Waals surface area contributed by atoms with Crippen molar-refractivity contribution in [3.63, 3.8) is 0 Å². The summed E-state index contributed by atoms with van der Waals surface area (Å²) in [6.07, 6.45) is 12.7. The van der Waals surface area contributed by atoms with Gasteiger partial charge in [-0.1, -0.05) is 38.2 Å². The molecule has 0 heterocycles. The van der Waals surface area contributed by atoms with Crippen LogP contribution in [0.15, 0.2) is 11.6 Å². The Morgan fingerprint density at radius 3 is 2.44 bits per heavy atom. The number of hydrogen-bond acceptors (Lipinski definition) is 2. The Bertz CT molecular complexity index is 286. The van der Waals surface area contributed by atoms with Crippen LogP contribution >= 0.6 is 0 Å². The van der Waals surface area contributed by atoms with Crippen LogP contribution in [0.25, 0.3) is 0 Å². The van der Waals surface area contributed by atoms with Crippen LogP contribution in [0, 0.1) is 11.3 Å². The van der Waals surface area contributed by atoms with Crippen molar-refractivity contribution < 1.29 is 4.79 Å². The van der Waals surface area contributed by atoms with Crippen molar-refractivity contribution in [1.82, 2.24) is 0 Å². The summed E-state index contributed by atoms with van der Waals surface area (Å²) < 4.78 is 0. The highest BCUT2D eigenvalue weighted by atomic mass is 16.1. The van der Waals surface area contributed by atoms with E-state index in [1.54, 1.807) is 0 Å². The highest BCUT2D eigenvalue weighted by Gasteiger charge is 2.08. The van der Waals surface area contributed by atoms with Gasteiger partial charge in [-0.3, -0.25) is 4.79 Å². The van der Waals surface area contributed by atoms with E-state index in [1.807, 2.05) is 6.07 Å². The molecule has 16 heavy (non-hydrogen) atoms. The molecule has 0 saturated carbocycles. The van der Waals surface area contributed by atoms with Crippen molar-refractivity contribution >= 4 is 5.78 Å². The van der Waals surface area contributed by atoms with E-state index in [0.29, 0.717) is 0 Å². The lowest BCUT2D eigenvalue weighted by molar-refractivity contribution is -0.114. The molecule has 0 N–H and O–H groups in total. The average Bonchev–Trinajstić information content (AvgIpc) is 2.34. The van der Waals surface area contributed by atoms with Crippen LogP contribution in [0.2, 0.25) is 0 Å². The molecule has 0 aromatic heterocycles. The van der Waals surface area contributed by atoms with E-state index in [1.165, 1.54) is 38.5 Å². The third kappa shape index (κ3) is 5.11. The van der Waals surface area contributed by atoms with Gasteiger partial charge < -0.3 is 0 Å². The number of allylic oxidation sites excluding steroid dienone is 2. The fourth-order valence-electron chi connectivity index (χ4n) is 2.16. The van der Waals surface area contributed by atoms with Gasteiger partial charge in [0, 0.05) is 0 Å². The average molecular weight is 219 g/mol. The molecule has 2 nitrogen and oxygen atoms in total. The number of carbonyl (C=O) groups excluding carboxylic acids is 1. The van der Waals surface area contributed by atoms with Crippen molar-refractivity contribution in [3.8, 4) is 6.07 Å². The van der Waals surface area contributed by atoms with Gasteiger partial charge in [0.15, 0.2) is 5.78 Å². The molecule has 0 bridgehead atoms. The van der Waals surface area contributed by atoms with E-state index in [-0.39, 0.29) is 12.2 Å². The second-order valence-corrected chi connectivity index (χ2v) is 4.50. The lowest BCUT2D eigenvalue weighted by Crippen LogP contribution is -2.01.